The second kappa shape index (κ2) is 12.7. The molecule has 1 fully saturated rings. The molecular weight excluding hydrogens is 725 g/mol. The van der Waals surface area contributed by atoms with Crippen molar-refractivity contribution in [2.24, 2.45) is 0 Å². The molecule has 3 heterocycles. The van der Waals surface area contributed by atoms with E-state index in [1.807, 2.05) is 41.8 Å². The topological polar surface area (TPSA) is 25.8 Å². The first-order chi connectivity index (χ1) is 19.8. The van der Waals surface area contributed by atoms with Gasteiger partial charge in [0.25, 0.3) is 0 Å². The maximum absolute atomic E-state index is 4.81. The molecule has 215 valence electrons. The van der Waals surface area contributed by atoms with Gasteiger partial charge >= 0.3 is 0 Å². The molecule has 2 nitrogen and oxygen atoms in total. The summed E-state index contributed by atoms with van der Waals surface area (Å²) in [6, 6.07) is 34.4. The molecule has 3 aromatic carbocycles. The van der Waals surface area contributed by atoms with E-state index < -0.39 is 8.07 Å². The van der Waals surface area contributed by atoms with Crippen molar-refractivity contribution in [3.05, 3.63) is 115 Å². The molecule has 0 atom stereocenters. The summed E-state index contributed by atoms with van der Waals surface area (Å²) in [5.41, 5.74) is 6.90. The fraction of sp³-hybridized carbons (Fsp3) is 0.243. The minimum absolute atomic E-state index is 0. The van der Waals surface area contributed by atoms with Gasteiger partial charge in [0.15, 0.2) is 0 Å². The van der Waals surface area contributed by atoms with Crippen LogP contribution < -0.4 is 5.19 Å². The van der Waals surface area contributed by atoms with Gasteiger partial charge in [-0.05, 0) is 63.3 Å². The van der Waals surface area contributed by atoms with E-state index in [4.69, 9.17) is 4.98 Å². The number of pyridine rings is 2. The van der Waals surface area contributed by atoms with Crippen molar-refractivity contribution in [3.8, 4) is 22.5 Å². The Morgan fingerprint density at radius 2 is 1.57 bits per heavy atom. The number of fused-ring (bicyclic) bond motifs is 3. The van der Waals surface area contributed by atoms with Crippen LogP contribution in [0, 0.1) is 12.1 Å². The Morgan fingerprint density at radius 1 is 0.833 bits per heavy atom. The van der Waals surface area contributed by atoms with E-state index in [0.29, 0.717) is 5.92 Å². The van der Waals surface area contributed by atoms with Gasteiger partial charge < -0.3 is 9.97 Å². The molecule has 0 saturated heterocycles. The van der Waals surface area contributed by atoms with Crippen LogP contribution in [0.4, 0.5) is 0 Å². The van der Waals surface area contributed by atoms with Gasteiger partial charge in [-0.2, -0.15) is 11.3 Å². The summed E-state index contributed by atoms with van der Waals surface area (Å²) < 4.78 is 2.70. The first-order valence-corrected chi connectivity index (χ1v) is 18.9. The van der Waals surface area contributed by atoms with Crippen LogP contribution in [-0.2, 0) is 20.1 Å². The van der Waals surface area contributed by atoms with Crippen LogP contribution in [0.15, 0.2) is 91.3 Å². The number of aromatic nitrogens is 2. The van der Waals surface area contributed by atoms with Gasteiger partial charge in [-0.1, -0.05) is 81.3 Å². The molecule has 0 bridgehead atoms. The molecule has 1 saturated carbocycles. The van der Waals surface area contributed by atoms with E-state index in [1.54, 1.807) is 0 Å². The number of thiophene rings is 1. The van der Waals surface area contributed by atoms with Crippen LogP contribution in [-0.4, -0.2) is 18.0 Å². The molecule has 3 aromatic heterocycles. The number of benzene rings is 3. The third-order valence-corrected chi connectivity index (χ3v) is 11.0. The van der Waals surface area contributed by atoms with E-state index in [2.05, 4.69) is 111 Å². The Kier molecular flexibility index (Phi) is 9.24. The van der Waals surface area contributed by atoms with Crippen molar-refractivity contribution in [2.45, 2.75) is 58.2 Å². The van der Waals surface area contributed by atoms with Crippen molar-refractivity contribution in [1.82, 2.24) is 9.97 Å². The maximum Gasteiger partial charge on any atom is 0.0300 e. The summed E-state index contributed by atoms with van der Waals surface area (Å²) in [6.07, 6.45) is 6.66. The summed E-state index contributed by atoms with van der Waals surface area (Å²) in [5.74, 6) is 1.28. The van der Waals surface area contributed by atoms with E-state index in [9.17, 15) is 0 Å². The van der Waals surface area contributed by atoms with Gasteiger partial charge in [0.1, 0.15) is 0 Å². The Bertz CT molecular complexity index is 1780. The molecular formula is C37H36IrN2SSi-2. The van der Waals surface area contributed by atoms with E-state index >= 15 is 0 Å². The normalized spacial score (nSPS) is 13.1. The molecule has 5 heteroatoms. The number of nitrogens with zero attached hydrogens (tertiary/aromatic N) is 2. The smallest absolute Gasteiger partial charge is 0.0300 e. The van der Waals surface area contributed by atoms with E-state index in [-0.39, 0.29) is 20.1 Å². The monoisotopic (exact) mass is 761 g/mol. The van der Waals surface area contributed by atoms with E-state index in [1.165, 1.54) is 49.3 Å². The summed E-state index contributed by atoms with van der Waals surface area (Å²) >= 11 is 1.89. The summed E-state index contributed by atoms with van der Waals surface area (Å²) in [6.45, 7) is 11.6. The van der Waals surface area contributed by atoms with Gasteiger partial charge in [-0.15, -0.1) is 58.8 Å². The SMILES string of the molecule is CC(C)c1ccc(-c2[c-]cccc2)nc1.C[Si](C)(C)c1c[c-]c(-c2ccc(C3CC3)cn2)c2sc3ccccc3c12.[Ir]. The quantitative estimate of drug-likeness (QED) is 0.129. The molecule has 1 radical (unpaired) electrons. The van der Waals surface area contributed by atoms with Crippen LogP contribution in [0.3, 0.4) is 0 Å². The maximum atomic E-state index is 4.81. The second-order valence-corrected chi connectivity index (χ2v) is 18.4. The van der Waals surface area contributed by atoms with E-state index in [0.717, 1.165) is 28.4 Å². The largest absolute Gasteiger partial charge is 0.304 e. The van der Waals surface area contributed by atoms with Crippen LogP contribution >= 0.6 is 11.3 Å². The zero-order valence-corrected chi connectivity index (χ0v) is 29.1. The third kappa shape index (κ3) is 6.50. The molecule has 0 aliphatic heterocycles. The molecule has 0 spiro atoms. The first-order valence-electron chi connectivity index (χ1n) is 14.6. The molecule has 6 aromatic rings. The molecule has 0 amide bonds. The molecule has 0 N–H and O–H groups in total. The van der Waals surface area contributed by atoms with Crippen LogP contribution in [0.5, 0.6) is 0 Å². The molecule has 1 aliphatic rings. The summed E-state index contributed by atoms with van der Waals surface area (Å²) in [4.78, 5) is 9.25. The zero-order chi connectivity index (χ0) is 28.6. The Hall–Kier alpha value is -2.95. The molecule has 7 rings (SSSR count). The number of hydrogen-bond acceptors (Lipinski definition) is 3. The van der Waals surface area contributed by atoms with Crippen molar-refractivity contribution >= 4 is 44.8 Å². The van der Waals surface area contributed by atoms with Crippen molar-refractivity contribution in [1.29, 1.82) is 0 Å². The van der Waals surface area contributed by atoms with Crippen molar-refractivity contribution in [3.63, 3.8) is 0 Å². The van der Waals surface area contributed by atoms with Crippen LogP contribution in [0.25, 0.3) is 42.7 Å². The average molecular weight is 761 g/mol. The minimum atomic E-state index is -1.46. The standard InChI is InChI=1S/C23H22NSSi.C14H14N.Ir/c1-26(2,3)21-13-11-17(19-12-10-16(14-24-19)15-8-9-15)23-22(21)18-6-4-5-7-20(18)25-23;1-11(2)13-8-9-14(15-10-13)12-6-4-3-5-7-12;/h4-7,10,12-15H,8-9H2,1-3H3;3-6,8-11H,1-2H3;/q2*-1;. The number of rotatable bonds is 5. The molecule has 1 aliphatic carbocycles. The third-order valence-electron chi connectivity index (χ3n) is 7.79. The predicted molar refractivity (Wildman–Crippen MR) is 179 cm³/mol. The van der Waals surface area contributed by atoms with Gasteiger partial charge in [0.05, 0.1) is 0 Å². The van der Waals surface area contributed by atoms with Gasteiger partial charge in [0.2, 0.25) is 0 Å². The van der Waals surface area contributed by atoms with Gasteiger partial charge in [0, 0.05) is 45.3 Å². The summed E-state index contributed by atoms with van der Waals surface area (Å²) in [7, 11) is -1.46. The Morgan fingerprint density at radius 3 is 2.19 bits per heavy atom. The Labute approximate surface area is 268 Å². The number of hydrogen-bond donors (Lipinski definition) is 0. The second-order valence-electron chi connectivity index (χ2n) is 12.3. The fourth-order valence-corrected chi connectivity index (χ4v) is 8.06. The molecule has 0 unspecified atom stereocenters. The zero-order valence-electron chi connectivity index (χ0n) is 24.9. The Balaban J connectivity index is 0.000000189. The van der Waals surface area contributed by atoms with Gasteiger partial charge in [-0.25, -0.2) is 0 Å². The van der Waals surface area contributed by atoms with Crippen molar-refractivity contribution in [2.75, 3.05) is 0 Å². The fourth-order valence-electron chi connectivity index (χ4n) is 5.22. The van der Waals surface area contributed by atoms with Gasteiger partial charge in [-0.3, -0.25) is 0 Å². The predicted octanol–water partition coefficient (Wildman–Crippen LogP) is 10.0. The van der Waals surface area contributed by atoms with Crippen LogP contribution in [0.1, 0.15) is 49.7 Å². The minimum Gasteiger partial charge on any atom is -0.304 e. The van der Waals surface area contributed by atoms with Crippen LogP contribution in [0.2, 0.25) is 19.6 Å². The molecule has 42 heavy (non-hydrogen) atoms. The summed E-state index contributed by atoms with van der Waals surface area (Å²) in [5, 5.41) is 4.32. The first kappa shape index (κ1) is 30.5. The van der Waals surface area contributed by atoms with Crippen molar-refractivity contribution < 1.29 is 20.1 Å². The average Bonchev–Trinajstić information content (AvgIpc) is 3.77.